The molecule has 0 N–H and O–H groups in total. The van der Waals surface area contributed by atoms with E-state index in [9.17, 15) is 4.39 Å². The van der Waals surface area contributed by atoms with Crippen molar-refractivity contribution in [1.29, 1.82) is 0 Å². The third kappa shape index (κ3) is 4.07. The fourth-order valence-electron chi connectivity index (χ4n) is 2.15. The van der Waals surface area contributed by atoms with Gasteiger partial charge in [0.05, 0.1) is 0 Å². The number of hydrogen-bond donors (Lipinski definition) is 0. The summed E-state index contributed by atoms with van der Waals surface area (Å²) in [7, 11) is 0. The summed E-state index contributed by atoms with van der Waals surface area (Å²) in [6.07, 6.45) is 1.83. The first-order valence-corrected chi connectivity index (χ1v) is 6.94. The molecule has 0 aliphatic carbocycles. The number of halogens is 2. The summed E-state index contributed by atoms with van der Waals surface area (Å²) in [5, 5.41) is 0.492. The van der Waals surface area contributed by atoms with Gasteiger partial charge in [0.1, 0.15) is 5.82 Å². The highest BCUT2D eigenvalue weighted by Crippen LogP contribution is 2.21. The van der Waals surface area contributed by atoms with E-state index in [-0.39, 0.29) is 5.82 Å². The van der Waals surface area contributed by atoms with Gasteiger partial charge in [-0.3, -0.25) is 0 Å². The maximum Gasteiger partial charge on any atom is 0.124 e. The van der Waals surface area contributed by atoms with E-state index in [0.717, 1.165) is 18.4 Å². The Labute approximate surface area is 119 Å². The van der Waals surface area contributed by atoms with Crippen LogP contribution in [0, 0.1) is 11.7 Å². The molecule has 0 fully saturated rings. The lowest BCUT2D eigenvalue weighted by Gasteiger charge is -2.08. The molecule has 0 radical (unpaired) electrons. The van der Waals surface area contributed by atoms with Gasteiger partial charge in [-0.1, -0.05) is 55.8 Å². The van der Waals surface area contributed by atoms with E-state index in [2.05, 4.69) is 38.1 Å². The van der Waals surface area contributed by atoms with Crippen molar-refractivity contribution in [3.8, 4) is 0 Å². The minimum Gasteiger partial charge on any atom is -0.207 e. The van der Waals surface area contributed by atoms with Crippen molar-refractivity contribution in [3.05, 3.63) is 70.0 Å². The summed E-state index contributed by atoms with van der Waals surface area (Å²) in [6.45, 7) is 4.43. The van der Waals surface area contributed by atoms with E-state index < -0.39 is 0 Å². The molecule has 0 unspecified atom stereocenters. The van der Waals surface area contributed by atoms with Crippen LogP contribution in [0.1, 0.15) is 30.5 Å². The molecule has 0 amide bonds. The summed E-state index contributed by atoms with van der Waals surface area (Å²) in [5.74, 6) is 0.374. The molecule has 2 aromatic rings. The minimum atomic E-state index is -0.291. The second-order valence-corrected chi connectivity index (χ2v) is 5.73. The predicted molar refractivity (Wildman–Crippen MR) is 79.2 cm³/mol. The van der Waals surface area contributed by atoms with Crippen LogP contribution < -0.4 is 0 Å². The van der Waals surface area contributed by atoms with Crippen molar-refractivity contribution in [3.63, 3.8) is 0 Å². The molecule has 0 nitrogen and oxygen atoms in total. The van der Waals surface area contributed by atoms with Crippen LogP contribution >= 0.6 is 11.6 Å². The van der Waals surface area contributed by atoms with Crippen LogP contribution in [0.25, 0.3) is 0 Å². The summed E-state index contributed by atoms with van der Waals surface area (Å²) in [5.41, 5.74) is 3.50. The monoisotopic (exact) mass is 276 g/mol. The highest BCUT2D eigenvalue weighted by atomic mass is 35.5. The molecule has 0 saturated heterocycles. The van der Waals surface area contributed by atoms with Gasteiger partial charge < -0.3 is 0 Å². The molecular formula is C17H18ClF. The lowest BCUT2D eigenvalue weighted by Crippen LogP contribution is -1.95. The van der Waals surface area contributed by atoms with Crippen LogP contribution in [0.15, 0.2) is 42.5 Å². The van der Waals surface area contributed by atoms with Gasteiger partial charge in [-0.05, 0) is 47.6 Å². The highest BCUT2D eigenvalue weighted by Gasteiger charge is 2.04. The zero-order valence-corrected chi connectivity index (χ0v) is 12.0. The summed E-state index contributed by atoms with van der Waals surface area (Å²) in [4.78, 5) is 0. The molecule has 0 heterocycles. The van der Waals surface area contributed by atoms with E-state index in [1.54, 1.807) is 6.07 Å². The maximum atomic E-state index is 13.0. The molecule has 0 aliphatic heterocycles. The Kier molecular flexibility index (Phi) is 4.60. The van der Waals surface area contributed by atoms with Gasteiger partial charge in [0, 0.05) is 5.02 Å². The smallest absolute Gasteiger partial charge is 0.124 e. The lowest BCUT2D eigenvalue weighted by molar-refractivity contribution is 0.627. The zero-order chi connectivity index (χ0) is 13.8. The molecule has 19 heavy (non-hydrogen) atoms. The summed E-state index contributed by atoms with van der Waals surface area (Å²) in [6, 6.07) is 13.1. The molecule has 2 rings (SSSR count). The topological polar surface area (TPSA) is 0 Å². The van der Waals surface area contributed by atoms with Crippen molar-refractivity contribution >= 4 is 11.6 Å². The van der Waals surface area contributed by atoms with Crippen LogP contribution in [0.4, 0.5) is 4.39 Å². The first kappa shape index (κ1) is 14.1. The Balaban J connectivity index is 2.10. The van der Waals surface area contributed by atoms with Crippen LogP contribution in [0.2, 0.25) is 5.02 Å². The van der Waals surface area contributed by atoms with Crippen molar-refractivity contribution in [1.82, 2.24) is 0 Å². The second kappa shape index (κ2) is 6.21. The average molecular weight is 277 g/mol. The predicted octanol–water partition coefficient (Wildman–Crippen LogP) is 5.27. The van der Waals surface area contributed by atoms with Crippen LogP contribution in [-0.2, 0) is 12.8 Å². The Bertz CT molecular complexity index is 544. The Morgan fingerprint density at radius 3 is 2.21 bits per heavy atom. The molecule has 0 spiro atoms. The number of hydrogen-bond acceptors (Lipinski definition) is 0. The van der Waals surface area contributed by atoms with E-state index in [0.29, 0.717) is 10.9 Å². The summed E-state index contributed by atoms with van der Waals surface area (Å²) >= 11 is 6.04. The second-order valence-electron chi connectivity index (χ2n) is 5.33. The largest absolute Gasteiger partial charge is 0.207 e. The minimum absolute atomic E-state index is 0.291. The van der Waals surface area contributed by atoms with Crippen molar-refractivity contribution in [2.75, 3.05) is 0 Å². The number of benzene rings is 2. The fraction of sp³-hybridized carbons (Fsp3) is 0.294. The highest BCUT2D eigenvalue weighted by molar-refractivity contribution is 6.31. The fourth-order valence-corrected chi connectivity index (χ4v) is 2.38. The lowest BCUT2D eigenvalue weighted by atomic mass is 9.99. The van der Waals surface area contributed by atoms with Gasteiger partial charge in [0.25, 0.3) is 0 Å². The standard InChI is InChI=1S/C17H18ClF/c1-12(2)9-13-3-5-14(6-4-13)10-15-7-8-16(19)11-17(15)18/h3-8,11-12H,9-10H2,1-2H3. The maximum absolute atomic E-state index is 13.0. The normalized spacial score (nSPS) is 11.0. The zero-order valence-electron chi connectivity index (χ0n) is 11.3. The number of rotatable bonds is 4. The van der Waals surface area contributed by atoms with E-state index >= 15 is 0 Å². The van der Waals surface area contributed by atoms with Crippen LogP contribution in [0.5, 0.6) is 0 Å². The quantitative estimate of drug-likeness (QED) is 0.714. The first-order chi connectivity index (χ1) is 9.04. The van der Waals surface area contributed by atoms with Gasteiger partial charge in [-0.15, -0.1) is 0 Å². The van der Waals surface area contributed by atoms with E-state index in [1.807, 2.05) is 0 Å². The molecular weight excluding hydrogens is 259 g/mol. The average Bonchev–Trinajstić information content (AvgIpc) is 2.34. The molecule has 0 atom stereocenters. The third-order valence-corrected chi connectivity index (χ3v) is 3.43. The Morgan fingerprint density at radius 1 is 1.00 bits per heavy atom. The van der Waals surface area contributed by atoms with Gasteiger partial charge in [0.2, 0.25) is 0 Å². The Morgan fingerprint density at radius 2 is 1.63 bits per heavy atom. The van der Waals surface area contributed by atoms with Crippen LogP contribution in [0.3, 0.4) is 0 Å². The van der Waals surface area contributed by atoms with Gasteiger partial charge in [-0.2, -0.15) is 0 Å². The van der Waals surface area contributed by atoms with Gasteiger partial charge >= 0.3 is 0 Å². The third-order valence-electron chi connectivity index (χ3n) is 3.08. The Hall–Kier alpha value is -1.34. The molecule has 0 bridgehead atoms. The van der Waals surface area contributed by atoms with E-state index in [4.69, 9.17) is 11.6 Å². The molecule has 2 aromatic carbocycles. The van der Waals surface area contributed by atoms with Gasteiger partial charge in [-0.25, -0.2) is 4.39 Å². The van der Waals surface area contributed by atoms with Crippen molar-refractivity contribution in [2.24, 2.45) is 5.92 Å². The molecule has 100 valence electrons. The molecule has 0 aromatic heterocycles. The van der Waals surface area contributed by atoms with Gasteiger partial charge in [0.15, 0.2) is 0 Å². The first-order valence-electron chi connectivity index (χ1n) is 6.56. The summed E-state index contributed by atoms with van der Waals surface area (Å²) < 4.78 is 13.0. The van der Waals surface area contributed by atoms with Crippen molar-refractivity contribution < 1.29 is 4.39 Å². The molecule has 0 aliphatic rings. The van der Waals surface area contributed by atoms with E-state index in [1.165, 1.54) is 23.3 Å². The SMILES string of the molecule is CC(C)Cc1ccc(Cc2ccc(F)cc2Cl)cc1. The van der Waals surface area contributed by atoms with Crippen molar-refractivity contribution in [2.45, 2.75) is 26.7 Å². The molecule has 2 heteroatoms. The molecule has 0 saturated carbocycles. The van der Waals surface area contributed by atoms with Crippen LogP contribution in [-0.4, -0.2) is 0 Å².